The molecule has 0 spiro atoms. The molecule has 3 fully saturated rings. The molecule has 0 amide bonds. The molecule has 3 saturated carbocycles. The van der Waals surface area contributed by atoms with Crippen molar-refractivity contribution in [3.05, 3.63) is 0 Å². The Morgan fingerprint density at radius 1 is 1.12 bits per heavy atom. The largest absolute Gasteiger partial charge is 0.396 e. The lowest BCUT2D eigenvalue weighted by Crippen LogP contribution is -2.38. The summed E-state index contributed by atoms with van der Waals surface area (Å²) in [5.41, 5.74) is -0.294. The van der Waals surface area contributed by atoms with Crippen LogP contribution in [0.5, 0.6) is 0 Å². The average molecular weight is 238 g/mol. The first kappa shape index (κ1) is 12.0. The van der Waals surface area contributed by atoms with E-state index in [4.69, 9.17) is 0 Å². The van der Waals surface area contributed by atoms with Crippen molar-refractivity contribution >= 4 is 0 Å². The van der Waals surface area contributed by atoms with Gasteiger partial charge in [-0.05, 0) is 61.2 Å². The quantitative estimate of drug-likeness (QED) is 0.736. The minimum absolute atomic E-state index is 0.165. The molecule has 17 heavy (non-hydrogen) atoms. The first-order valence-electron chi connectivity index (χ1n) is 7.25. The summed E-state index contributed by atoms with van der Waals surface area (Å²) in [6.07, 6.45) is 4.48. The molecule has 0 aromatic rings. The van der Waals surface area contributed by atoms with Gasteiger partial charge in [-0.25, -0.2) is 0 Å². The van der Waals surface area contributed by atoms with Gasteiger partial charge in [0.1, 0.15) is 0 Å². The van der Waals surface area contributed by atoms with Gasteiger partial charge in [0, 0.05) is 6.61 Å². The van der Waals surface area contributed by atoms with Gasteiger partial charge in [0.05, 0.1) is 5.60 Å². The third kappa shape index (κ3) is 1.46. The van der Waals surface area contributed by atoms with Crippen LogP contribution in [-0.4, -0.2) is 22.4 Å². The Hall–Kier alpha value is -0.0800. The summed E-state index contributed by atoms with van der Waals surface area (Å²) in [7, 11) is 0. The van der Waals surface area contributed by atoms with Gasteiger partial charge in [-0.3, -0.25) is 0 Å². The van der Waals surface area contributed by atoms with Gasteiger partial charge in [-0.15, -0.1) is 0 Å². The molecular weight excluding hydrogens is 212 g/mol. The summed E-state index contributed by atoms with van der Waals surface area (Å²) >= 11 is 0. The molecule has 3 rings (SSSR count). The van der Waals surface area contributed by atoms with Crippen LogP contribution in [0, 0.1) is 35.0 Å². The second kappa shape index (κ2) is 3.48. The minimum Gasteiger partial charge on any atom is -0.396 e. The van der Waals surface area contributed by atoms with Gasteiger partial charge in [-0.1, -0.05) is 20.3 Å². The lowest BCUT2D eigenvalue weighted by Gasteiger charge is -2.35. The van der Waals surface area contributed by atoms with E-state index in [9.17, 15) is 10.2 Å². The molecular formula is C15H26O2. The summed E-state index contributed by atoms with van der Waals surface area (Å²) in [5, 5.41) is 20.3. The molecule has 3 aliphatic rings. The van der Waals surface area contributed by atoms with E-state index in [1.807, 2.05) is 6.92 Å². The number of hydrogen-bond acceptors (Lipinski definition) is 2. The lowest BCUT2D eigenvalue weighted by atomic mass is 9.74. The second-order valence-corrected chi connectivity index (χ2v) is 7.43. The summed E-state index contributed by atoms with van der Waals surface area (Å²) in [5.74, 6) is 3.18. The van der Waals surface area contributed by atoms with Crippen LogP contribution in [0.25, 0.3) is 0 Å². The number of rotatable bonds is 1. The predicted octanol–water partition coefficient (Wildman–Crippen LogP) is 2.44. The molecule has 2 N–H and O–H groups in total. The first-order valence-corrected chi connectivity index (χ1v) is 7.25. The van der Waals surface area contributed by atoms with Crippen LogP contribution in [0.4, 0.5) is 0 Å². The Labute approximate surface area is 104 Å². The van der Waals surface area contributed by atoms with E-state index in [1.165, 1.54) is 12.8 Å². The average Bonchev–Trinajstić information content (AvgIpc) is 2.70. The molecule has 0 radical (unpaired) electrons. The standard InChI is InChI=1S/C15H26O2/c1-9-4-5-10-12(9)13-11(14(13,2)8-16)6-7-15(10,3)17/h9-13,16-17H,4-8H2,1-3H3/t9-,10-,11-,12-,13-,14-,15+/m1/s1. The summed E-state index contributed by atoms with van der Waals surface area (Å²) in [6.45, 7) is 6.98. The topological polar surface area (TPSA) is 40.5 Å². The zero-order valence-corrected chi connectivity index (χ0v) is 11.3. The normalized spacial score (nSPS) is 61.6. The number of aliphatic hydroxyl groups is 2. The van der Waals surface area contributed by atoms with Crippen LogP contribution in [-0.2, 0) is 0 Å². The monoisotopic (exact) mass is 238 g/mol. The van der Waals surface area contributed by atoms with E-state index in [0.29, 0.717) is 30.3 Å². The molecule has 0 saturated heterocycles. The third-order valence-corrected chi connectivity index (χ3v) is 6.50. The van der Waals surface area contributed by atoms with Gasteiger partial charge in [-0.2, -0.15) is 0 Å². The van der Waals surface area contributed by atoms with Crippen LogP contribution < -0.4 is 0 Å². The summed E-state index contributed by atoms with van der Waals surface area (Å²) in [6, 6.07) is 0. The van der Waals surface area contributed by atoms with Crippen LogP contribution in [0.2, 0.25) is 0 Å². The van der Waals surface area contributed by atoms with Crippen molar-refractivity contribution in [2.24, 2.45) is 35.0 Å². The summed E-state index contributed by atoms with van der Waals surface area (Å²) in [4.78, 5) is 0. The Morgan fingerprint density at radius 3 is 2.47 bits per heavy atom. The minimum atomic E-state index is -0.459. The van der Waals surface area contributed by atoms with Crippen molar-refractivity contribution in [2.45, 2.75) is 52.1 Å². The Balaban J connectivity index is 1.93. The zero-order chi connectivity index (χ0) is 12.4. The van der Waals surface area contributed by atoms with E-state index >= 15 is 0 Å². The van der Waals surface area contributed by atoms with Crippen LogP contribution in [0.3, 0.4) is 0 Å². The van der Waals surface area contributed by atoms with Gasteiger partial charge in [0.15, 0.2) is 0 Å². The Bertz CT molecular complexity index is 325. The molecule has 0 aliphatic heterocycles. The smallest absolute Gasteiger partial charge is 0.0650 e. The Morgan fingerprint density at radius 2 is 1.82 bits per heavy atom. The van der Waals surface area contributed by atoms with Gasteiger partial charge in [0.25, 0.3) is 0 Å². The molecule has 98 valence electrons. The molecule has 2 heteroatoms. The highest BCUT2D eigenvalue weighted by Crippen LogP contribution is 2.71. The van der Waals surface area contributed by atoms with Gasteiger partial charge < -0.3 is 10.2 Å². The fourth-order valence-electron chi connectivity index (χ4n) is 5.33. The molecule has 0 aromatic carbocycles. The maximum Gasteiger partial charge on any atom is 0.0650 e. The Kier molecular flexibility index (Phi) is 2.45. The van der Waals surface area contributed by atoms with Crippen molar-refractivity contribution in [1.82, 2.24) is 0 Å². The van der Waals surface area contributed by atoms with Crippen molar-refractivity contribution in [3.8, 4) is 0 Å². The number of hydrogen-bond donors (Lipinski definition) is 2. The second-order valence-electron chi connectivity index (χ2n) is 7.43. The highest BCUT2D eigenvalue weighted by molar-refractivity contribution is 5.16. The highest BCUT2D eigenvalue weighted by Gasteiger charge is 2.68. The van der Waals surface area contributed by atoms with Crippen LogP contribution in [0.1, 0.15) is 46.5 Å². The summed E-state index contributed by atoms with van der Waals surface area (Å²) < 4.78 is 0. The van der Waals surface area contributed by atoms with Crippen molar-refractivity contribution in [3.63, 3.8) is 0 Å². The molecule has 3 aliphatic carbocycles. The maximum atomic E-state index is 10.7. The SMILES string of the molecule is C[C@@H]1CC[C@@H]2[C@@H]1[C@H]1[C@@H](CC[C@]2(C)O)[C@@]1(C)CO. The van der Waals surface area contributed by atoms with E-state index in [0.717, 1.165) is 18.8 Å². The predicted molar refractivity (Wildman–Crippen MR) is 67.4 cm³/mol. The number of fused-ring (bicyclic) bond motifs is 3. The van der Waals surface area contributed by atoms with Crippen molar-refractivity contribution in [1.29, 1.82) is 0 Å². The molecule has 0 aromatic heterocycles. The van der Waals surface area contributed by atoms with Gasteiger partial charge >= 0.3 is 0 Å². The van der Waals surface area contributed by atoms with E-state index < -0.39 is 5.60 Å². The van der Waals surface area contributed by atoms with Crippen LogP contribution in [0.15, 0.2) is 0 Å². The van der Waals surface area contributed by atoms with Crippen LogP contribution >= 0.6 is 0 Å². The highest BCUT2D eigenvalue weighted by atomic mass is 16.3. The molecule has 2 nitrogen and oxygen atoms in total. The maximum absolute atomic E-state index is 10.7. The molecule has 0 unspecified atom stereocenters. The van der Waals surface area contributed by atoms with Crippen molar-refractivity contribution < 1.29 is 10.2 Å². The lowest BCUT2D eigenvalue weighted by molar-refractivity contribution is -0.0327. The molecule has 0 heterocycles. The zero-order valence-electron chi connectivity index (χ0n) is 11.3. The van der Waals surface area contributed by atoms with E-state index in [2.05, 4.69) is 13.8 Å². The molecule has 7 atom stereocenters. The molecule has 0 bridgehead atoms. The fourth-order valence-corrected chi connectivity index (χ4v) is 5.33. The van der Waals surface area contributed by atoms with Gasteiger partial charge in [0.2, 0.25) is 0 Å². The van der Waals surface area contributed by atoms with E-state index in [-0.39, 0.29) is 5.41 Å². The number of aliphatic hydroxyl groups excluding tert-OH is 1. The third-order valence-electron chi connectivity index (χ3n) is 6.50. The first-order chi connectivity index (χ1) is 7.92. The fraction of sp³-hybridized carbons (Fsp3) is 1.00. The van der Waals surface area contributed by atoms with E-state index in [1.54, 1.807) is 0 Å². The van der Waals surface area contributed by atoms with Crippen molar-refractivity contribution in [2.75, 3.05) is 6.61 Å².